The monoisotopic (exact) mass is 174 g/mol. The minimum Gasteiger partial charge on any atom is -0.298 e. The lowest BCUT2D eigenvalue weighted by molar-refractivity contribution is -0.111. The fourth-order valence-electron chi connectivity index (χ4n) is 1.21. The number of carbonyl (C=O) groups excluding carboxylic acids is 2. The number of hydrogen-bond acceptors (Lipinski definition) is 2. The Morgan fingerprint density at radius 1 is 1.62 bits per heavy atom. The van der Waals surface area contributed by atoms with E-state index < -0.39 is 5.41 Å². The third-order valence-corrected chi connectivity index (χ3v) is 2.04. The van der Waals surface area contributed by atoms with Crippen LogP contribution in [0.3, 0.4) is 0 Å². The van der Waals surface area contributed by atoms with E-state index in [1.165, 1.54) is 12.2 Å². The third-order valence-electron chi connectivity index (χ3n) is 2.04. The Hall–Kier alpha value is -1.66. The Balaban J connectivity index is 3.19. The summed E-state index contributed by atoms with van der Waals surface area (Å²) in [6, 6.07) is 0. The van der Waals surface area contributed by atoms with Crippen molar-refractivity contribution in [1.82, 2.24) is 0 Å². The Morgan fingerprint density at radius 2 is 2.31 bits per heavy atom. The van der Waals surface area contributed by atoms with Gasteiger partial charge in [0.15, 0.2) is 5.78 Å². The molecule has 0 heterocycles. The molecule has 0 bridgehead atoms. The predicted molar refractivity (Wildman–Crippen MR) is 50.1 cm³/mol. The highest BCUT2D eigenvalue weighted by atomic mass is 16.1. The second kappa shape index (κ2) is 3.38. The Labute approximate surface area is 76.9 Å². The highest BCUT2D eigenvalue weighted by molar-refractivity contribution is 6.05. The fourth-order valence-corrected chi connectivity index (χ4v) is 1.21. The van der Waals surface area contributed by atoms with Crippen LogP contribution in [-0.2, 0) is 9.59 Å². The van der Waals surface area contributed by atoms with Crippen LogP contribution >= 0.6 is 0 Å². The van der Waals surface area contributed by atoms with E-state index in [2.05, 4.69) is 12.3 Å². The molecular formula is C11H10O2. The van der Waals surface area contributed by atoms with Crippen molar-refractivity contribution in [3.63, 3.8) is 0 Å². The molecule has 1 atom stereocenters. The van der Waals surface area contributed by atoms with Crippen molar-refractivity contribution in [2.45, 2.75) is 6.92 Å². The van der Waals surface area contributed by atoms with Crippen molar-refractivity contribution >= 4 is 12.1 Å². The molecule has 0 saturated carbocycles. The molecule has 0 aromatic heterocycles. The minimum atomic E-state index is -0.530. The van der Waals surface area contributed by atoms with Crippen LogP contribution in [0, 0.1) is 5.41 Å². The van der Waals surface area contributed by atoms with Crippen LogP contribution < -0.4 is 0 Å². The number of hydrogen-bond donors (Lipinski definition) is 0. The van der Waals surface area contributed by atoms with Crippen molar-refractivity contribution in [2.75, 3.05) is 0 Å². The molecule has 0 unspecified atom stereocenters. The van der Waals surface area contributed by atoms with E-state index in [0.29, 0.717) is 11.9 Å². The van der Waals surface area contributed by atoms with Crippen LogP contribution in [0.4, 0.5) is 0 Å². The molecule has 1 aliphatic carbocycles. The van der Waals surface area contributed by atoms with Crippen LogP contribution in [0.15, 0.2) is 42.2 Å². The molecule has 2 heteroatoms. The molecule has 0 spiro atoms. The van der Waals surface area contributed by atoms with Crippen molar-refractivity contribution in [3.05, 3.63) is 42.2 Å². The molecule has 0 amide bonds. The van der Waals surface area contributed by atoms with Crippen LogP contribution in [0.1, 0.15) is 6.92 Å². The van der Waals surface area contributed by atoms with Crippen LogP contribution in [0.5, 0.6) is 0 Å². The summed E-state index contributed by atoms with van der Waals surface area (Å²) in [5.41, 5.74) is 2.53. The summed E-state index contributed by atoms with van der Waals surface area (Å²) < 4.78 is 0. The molecule has 0 N–H and O–H groups in total. The molecule has 0 aliphatic heterocycles. The van der Waals surface area contributed by atoms with Gasteiger partial charge in [-0.15, -0.1) is 5.73 Å². The van der Waals surface area contributed by atoms with Gasteiger partial charge in [-0.2, -0.15) is 0 Å². The Kier molecular flexibility index (Phi) is 2.45. The summed E-state index contributed by atoms with van der Waals surface area (Å²) >= 11 is 0. The topological polar surface area (TPSA) is 34.1 Å². The summed E-state index contributed by atoms with van der Waals surface area (Å²) in [5.74, 6) is -0.156. The van der Waals surface area contributed by atoms with Gasteiger partial charge in [0.05, 0.1) is 0 Å². The van der Waals surface area contributed by atoms with E-state index in [0.717, 1.165) is 0 Å². The van der Waals surface area contributed by atoms with E-state index in [-0.39, 0.29) is 5.78 Å². The summed E-state index contributed by atoms with van der Waals surface area (Å²) in [6.45, 7) is 5.27. The highest BCUT2D eigenvalue weighted by Gasteiger charge is 2.26. The molecule has 0 aromatic rings. The van der Waals surface area contributed by atoms with Gasteiger partial charge in [-0.3, -0.25) is 9.59 Å². The van der Waals surface area contributed by atoms with Gasteiger partial charge in [0.2, 0.25) is 0 Å². The van der Waals surface area contributed by atoms with Crippen molar-refractivity contribution in [2.24, 2.45) is 5.41 Å². The lowest BCUT2D eigenvalue weighted by Gasteiger charge is -2.23. The van der Waals surface area contributed by atoms with Gasteiger partial charge in [0.25, 0.3) is 0 Å². The quantitative estimate of drug-likeness (QED) is 0.470. The lowest BCUT2D eigenvalue weighted by Crippen LogP contribution is -2.19. The fraction of sp³-hybridized carbons (Fsp3) is 0.182. The molecule has 1 aliphatic rings. The maximum atomic E-state index is 11.0. The molecule has 0 radical (unpaired) electrons. The van der Waals surface area contributed by atoms with Gasteiger partial charge in [0.1, 0.15) is 6.29 Å². The molecule has 0 fully saturated rings. The second-order valence-electron chi connectivity index (χ2n) is 3.08. The van der Waals surface area contributed by atoms with E-state index in [1.54, 1.807) is 12.2 Å². The molecule has 13 heavy (non-hydrogen) atoms. The average molecular weight is 174 g/mol. The molecule has 66 valence electrons. The van der Waals surface area contributed by atoms with Crippen molar-refractivity contribution in [1.29, 1.82) is 0 Å². The zero-order valence-corrected chi connectivity index (χ0v) is 7.41. The van der Waals surface area contributed by atoms with E-state index >= 15 is 0 Å². The second-order valence-corrected chi connectivity index (χ2v) is 3.08. The average Bonchev–Trinajstić information content (AvgIpc) is 2.10. The molecule has 0 saturated heterocycles. The van der Waals surface area contributed by atoms with E-state index in [1.807, 2.05) is 6.92 Å². The van der Waals surface area contributed by atoms with Gasteiger partial charge in [0, 0.05) is 11.0 Å². The first-order valence-electron chi connectivity index (χ1n) is 3.90. The SMILES string of the molecule is C=C=C[C@]1(C)C=CC(=O)C=C1C=O. The normalized spacial score (nSPS) is 26.2. The van der Waals surface area contributed by atoms with E-state index in [4.69, 9.17) is 0 Å². The van der Waals surface area contributed by atoms with Gasteiger partial charge in [-0.1, -0.05) is 12.7 Å². The number of carbonyl (C=O) groups is 2. The summed E-state index contributed by atoms with van der Waals surface area (Å²) in [4.78, 5) is 21.6. The number of ketones is 1. The Bertz CT molecular complexity index is 354. The summed E-state index contributed by atoms with van der Waals surface area (Å²) in [5, 5.41) is 0. The first kappa shape index (κ1) is 9.43. The zero-order chi connectivity index (χ0) is 9.90. The van der Waals surface area contributed by atoms with Crippen molar-refractivity contribution in [3.8, 4) is 0 Å². The number of aldehydes is 1. The van der Waals surface area contributed by atoms with Gasteiger partial charge in [-0.05, 0) is 25.2 Å². The maximum absolute atomic E-state index is 11.0. The van der Waals surface area contributed by atoms with Crippen molar-refractivity contribution < 1.29 is 9.59 Å². The smallest absolute Gasteiger partial charge is 0.178 e. The van der Waals surface area contributed by atoms with Gasteiger partial charge in [-0.25, -0.2) is 0 Å². The van der Waals surface area contributed by atoms with E-state index in [9.17, 15) is 9.59 Å². The van der Waals surface area contributed by atoms with Crippen LogP contribution in [-0.4, -0.2) is 12.1 Å². The molecule has 0 aromatic carbocycles. The molecular weight excluding hydrogens is 164 g/mol. The standard InChI is InChI=1S/C11H10O2/c1-3-5-11(2)6-4-10(13)7-9(11)8-12/h4-8H,1H2,2H3/t11-/m1/s1. The molecule has 2 nitrogen and oxygen atoms in total. The predicted octanol–water partition coefficient (Wildman–Crippen LogP) is 1.60. The lowest BCUT2D eigenvalue weighted by atomic mass is 9.79. The van der Waals surface area contributed by atoms with Crippen LogP contribution in [0.2, 0.25) is 0 Å². The first-order chi connectivity index (χ1) is 6.12. The maximum Gasteiger partial charge on any atom is 0.178 e. The zero-order valence-electron chi connectivity index (χ0n) is 7.41. The molecule has 1 rings (SSSR count). The number of allylic oxidation sites excluding steroid dienone is 5. The first-order valence-corrected chi connectivity index (χ1v) is 3.90. The number of rotatable bonds is 2. The summed E-state index contributed by atoms with van der Waals surface area (Å²) in [6.07, 6.45) is 6.81. The summed E-state index contributed by atoms with van der Waals surface area (Å²) in [7, 11) is 0. The highest BCUT2D eigenvalue weighted by Crippen LogP contribution is 2.31. The minimum absolute atomic E-state index is 0.156. The largest absolute Gasteiger partial charge is 0.298 e. The van der Waals surface area contributed by atoms with Gasteiger partial charge >= 0.3 is 0 Å². The van der Waals surface area contributed by atoms with Gasteiger partial charge < -0.3 is 0 Å². The Morgan fingerprint density at radius 3 is 2.85 bits per heavy atom. The van der Waals surface area contributed by atoms with Crippen LogP contribution in [0.25, 0.3) is 0 Å². The third kappa shape index (κ3) is 1.74.